The third-order valence-corrected chi connectivity index (χ3v) is 3.65. The highest BCUT2D eigenvalue weighted by Crippen LogP contribution is 2.19. The van der Waals surface area contributed by atoms with Crippen LogP contribution in [0.4, 0.5) is 11.4 Å². The number of anilines is 2. The predicted octanol–water partition coefficient (Wildman–Crippen LogP) is 2.79. The SMILES string of the molecule is CC(C)C(=O)Nc1cccc(NC2CCCN(C)C2)c1. The maximum absolute atomic E-state index is 11.7. The van der Waals surface area contributed by atoms with Crippen molar-refractivity contribution in [3.8, 4) is 0 Å². The lowest BCUT2D eigenvalue weighted by molar-refractivity contribution is -0.118. The number of hydrogen-bond acceptors (Lipinski definition) is 3. The summed E-state index contributed by atoms with van der Waals surface area (Å²) in [6.07, 6.45) is 2.44. The van der Waals surface area contributed by atoms with Crippen LogP contribution >= 0.6 is 0 Å². The Kier molecular flexibility index (Phi) is 5.01. The van der Waals surface area contributed by atoms with Crippen LogP contribution in [0.1, 0.15) is 26.7 Å². The lowest BCUT2D eigenvalue weighted by atomic mass is 10.1. The standard InChI is InChI=1S/C16H25N3O/c1-12(2)16(20)18-14-7-4-6-13(10-14)17-15-8-5-9-19(3)11-15/h4,6-7,10,12,15,17H,5,8-9,11H2,1-3H3,(H,18,20). The molecule has 2 rings (SSSR count). The molecule has 1 unspecified atom stereocenters. The van der Waals surface area contributed by atoms with Crippen LogP contribution in [0, 0.1) is 5.92 Å². The van der Waals surface area contributed by atoms with E-state index >= 15 is 0 Å². The number of carbonyl (C=O) groups excluding carboxylic acids is 1. The molecule has 4 nitrogen and oxygen atoms in total. The smallest absolute Gasteiger partial charge is 0.226 e. The molecule has 1 aromatic carbocycles. The summed E-state index contributed by atoms with van der Waals surface area (Å²) < 4.78 is 0. The van der Waals surface area contributed by atoms with Gasteiger partial charge in [0.25, 0.3) is 0 Å². The average Bonchev–Trinajstić information content (AvgIpc) is 2.39. The Bertz CT molecular complexity index is 459. The van der Waals surface area contributed by atoms with E-state index in [0.29, 0.717) is 6.04 Å². The van der Waals surface area contributed by atoms with Gasteiger partial charge in [-0.1, -0.05) is 19.9 Å². The minimum absolute atomic E-state index is 0.00129. The van der Waals surface area contributed by atoms with Crippen molar-refractivity contribution >= 4 is 17.3 Å². The molecule has 1 saturated heterocycles. The Balaban J connectivity index is 1.97. The number of nitrogens with one attached hydrogen (secondary N) is 2. The van der Waals surface area contributed by atoms with E-state index in [4.69, 9.17) is 0 Å². The minimum Gasteiger partial charge on any atom is -0.381 e. The quantitative estimate of drug-likeness (QED) is 0.888. The molecule has 20 heavy (non-hydrogen) atoms. The van der Waals surface area contributed by atoms with Gasteiger partial charge in [0.15, 0.2) is 0 Å². The fraction of sp³-hybridized carbons (Fsp3) is 0.562. The summed E-state index contributed by atoms with van der Waals surface area (Å²) in [6.45, 7) is 6.05. The molecular weight excluding hydrogens is 250 g/mol. The number of rotatable bonds is 4. The number of hydrogen-bond donors (Lipinski definition) is 2. The third kappa shape index (κ3) is 4.23. The lowest BCUT2D eigenvalue weighted by Gasteiger charge is -2.31. The van der Waals surface area contributed by atoms with Crippen LogP contribution in [-0.2, 0) is 4.79 Å². The zero-order chi connectivity index (χ0) is 14.5. The van der Waals surface area contributed by atoms with Gasteiger partial charge in [0.05, 0.1) is 0 Å². The van der Waals surface area contributed by atoms with Crippen molar-refractivity contribution in [3.63, 3.8) is 0 Å². The fourth-order valence-corrected chi connectivity index (χ4v) is 2.49. The molecule has 0 aromatic heterocycles. The maximum atomic E-state index is 11.7. The Morgan fingerprint density at radius 1 is 1.35 bits per heavy atom. The van der Waals surface area contributed by atoms with Gasteiger partial charge in [0.2, 0.25) is 5.91 Å². The molecule has 0 saturated carbocycles. The maximum Gasteiger partial charge on any atom is 0.226 e. The van der Waals surface area contributed by atoms with Crippen molar-refractivity contribution < 1.29 is 4.79 Å². The molecule has 0 bridgehead atoms. The molecule has 1 aromatic rings. The van der Waals surface area contributed by atoms with Crippen molar-refractivity contribution in [2.75, 3.05) is 30.8 Å². The molecular formula is C16H25N3O. The first-order valence-electron chi connectivity index (χ1n) is 7.40. The summed E-state index contributed by atoms with van der Waals surface area (Å²) in [5.41, 5.74) is 1.93. The highest BCUT2D eigenvalue weighted by atomic mass is 16.1. The monoisotopic (exact) mass is 275 g/mol. The van der Waals surface area contributed by atoms with Crippen LogP contribution in [0.2, 0.25) is 0 Å². The molecule has 110 valence electrons. The van der Waals surface area contributed by atoms with E-state index in [-0.39, 0.29) is 11.8 Å². The first kappa shape index (κ1) is 14.9. The van der Waals surface area contributed by atoms with Crippen molar-refractivity contribution in [3.05, 3.63) is 24.3 Å². The zero-order valence-corrected chi connectivity index (χ0v) is 12.6. The number of likely N-dealkylation sites (N-methyl/N-ethyl adjacent to an activating group) is 1. The fourth-order valence-electron chi connectivity index (χ4n) is 2.49. The van der Waals surface area contributed by atoms with Crippen LogP contribution in [0.15, 0.2) is 24.3 Å². The summed E-state index contributed by atoms with van der Waals surface area (Å²) in [5, 5.41) is 6.50. The van der Waals surface area contributed by atoms with Crippen LogP contribution in [0.3, 0.4) is 0 Å². The summed E-state index contributed by atoms with van der Waals surface area (Å²) in [4.78, 5) is 14.1. The molecule has 1 heterocycles. The summed E-state index contributed by atoms with van der Waals surface area (Å²) in [6, 6.07) is 8.46. The highest BCUT2D eigenvalue weighted by molar-refractivity contribution is 5.92. The number of carbonyl (C=O) groups is 1. The third-order valence-electron chi connectivity index (χ3n) is 3.65. The molecule has 1 amide bonds. The Morgan fingerprint density at radius 2 is 2.10 bits per heavy atom. The van der Waals surface area contributed by atoms with Gasteiger partial charge in [0.1, 0.15) is 0 Å². The van der Waals surface area contributed by atoms with E-state index < -0.39 is 0 Å². The number of amides is 1. The number of piperidine rings is 1. The molecule has 4 heteroatoms. The second-order valence-electron chi connectivity index (χ2n) is 5.97. The molecule has 1 fully saturated rings. The van der Waals surface area contributed by atoms with Gasteiger partial charge in [-0.15, -0.1) is 0 Å². The van der Waals surface area contributed by atoms with Crippen molar-refractivity contribution in [2.45, 2.75) is 32.7 Å². The molecule has 1 aliphatic rings. The normalized spacial score (nSPS) is 19.9. The second kappa shape index (κ2) is 6.75. The van der Waals surface area contributed by atoms with Crippen molar-refractivity contribution in [2.24, 2.45) is 5.92 Å². The van der Waals surface area contributed by atoms with Gasteiger partial charge in [0, 0.05) is 29.9 Å². The van der Waals surface area contributed by atoms with Crippen LogP contribution < -0.4 is 10.6 Å². The first-order chi connectivity index (χ1) is 9.54. The van der Waals surface area contributed by atoms with E-state index in [1.54, 1.807) is 0 Å². The average molecular weight is 275 g/mol. The molecule has 1 atom stereocenters. The predicted molar refractivity (Wildman–Crippen MR) is 84.1 cm³/mol. The molecule has 0 spiro atoms. The van der Waals surface area contributed by atoms with E-state index in [1.807, 2.05) is 32.0 Å². The lowest BCUT2D eigenvalue weighted by Crippen LogP contribution is -2.39. The van der Waals surface area contributed by atoms with Gasteiger partial charge in [-0.2, -0.15) is 0 Å². The summed E-state index contributed by atoms with van der Waals surface area (Å²) >= 11 is 0. The molecule has 0 radical (unpaired) electrons. The van der Waals surface area contributed by atoms with Gasteiger partial charge in [-0.3, -0.25) is 4.79 Å². The van der Waals surface area contributed by atoms with Gasteiger partial charge in [-0.25, -0.2) is 0 Å². The molecule has 2 N–H and O–H groups in total. The molecule has 0 aliphatic carbocycles. The van der Waals surface area contributed by atoms with Crippen molar-refractivity contribution in [1.82, 2.24) is 4.90 Å². The Hall–Kier alpha value is -1.55. The first-order valence-corrected chi connectivity index (χ1v) is 7.40. The minimum atomic E-state index is -0.00129. The number of nitrogens with zero attached hydrogens (tertiary/aromatic N) is 1. The van der Waals surface area contributed by atoms with E-state index in [1.165, 1.54) is 19.4 Å². The van der Waals surface area contributed by atoms with Gasteiger partial charge in [-0.05, 0) is 44.6 Å². The van der Waals surface area contributed by atoms with Crippen LogP contribution in [0.25, 0.3) is 0 Å². The highest BCUT2D eigenvalue weighted by Gasteiger charge is 2.16. The van der Waals surface area contributed by atoms with E-state index in [2.05, 4.69) is 28.6 Å². The van der Waals surface area contributed by atoms with Crippen molar-refractivity contribution in [1.29, 1.82) is 0 Å². The van der Waals surface area contributed by atoms with Crippen LogP contribution in [-0.4, -0.2) is 37.0 Å². The second-order valence-corrected chi connectivity index (χ2v) is 5.97. The summed E-state index contributed by atoms with van der Waals surface area (Å²) in [7, 11) is 2.16. The topological polar surface area (TPSA) is 44.4 Å². The van der Waals surface area contributed by atoms with Crippen LogP contribution in [0.5, 0.6) is 0 Å². The van der Waals surface area contributed by atoms with Gasteiger partial charge < -0.3 is 15.5 Å². The Labute approximate surface area is 121 Å². The summed E-state index contributed by atoms with van der Waals surface area (Å²) in [5.74, 6) is 0.0539. The number of benzene rings is 1. The number of likely N-dealkylation sites (tertiary alicyclic amines) is 1. The van der Waals surface area contributed by atoms with E-state index in [9.17, 15) is 4.79 Å². The molecule has 1 aliphatic heterocycles. The van der Waals surface area contributed by atoms with E-state index in [0.717, 1.165) is 17.9 Å². The van der Waals surface area contributed by atoms with Gasteiger partial charge >= 0.3 is 0 Å². The Morgan fingerprint density at radius 3 is 2.80 bits per heavy atom. The largest absolute Gasteiger partial charge is 0.381 e. The zero-order valence-electron chi connectivity index (χ0n) is 12.6.